The van der Waals surface area contributed by atoms with Crippen molar-refractivity contribution in [2.24, 2.45) is 0 Å². The van der Waals surface area contributed by atoms with Crippen molar-refractivity contribution >= 4 is 21.4 Å². The minimum absolute atomic E-state index is 0.690. The molecule has 0 bridgehead atoms. The average Bonchev–Trinajstić information content (AvgIpc) is 2.93. The van der Waals surface area contributed by atoms with Gasteiger partial charge in [0.05, 0.1) is 5.52 Å². The lowest BCUT2D eigenvalue weighted by Gasteiger charge is -2.00. The first-order chi connectivity index (χ1) is 6.77. The fourth-order valence-corrected chi connectivity index (χ4v) is 2.59. The van der Waals surface area contributed by atoms with Crippen LogP contribution in [0.5, 0.6) is 0 Å². The maximum absolute atomic E-state index is 4.59. The maximum atomic E-state index is 4.59. The minimum Gasteiger partial charge on any atom is -0.302 e. The second kappa shape index (κ2) is 2.83. The molecule has 0 aromatic carbocycles. The largest absolute Gasteiger partial charge is 0.302 e. The number of aryl methyl sites for hydroxylation is 1. The molecule has 2 aromatic heterocycles. The number of aromatic nitrogens is 2. The Morgan fingerprint density at radius 2 is 2.29 bits per heavy atom. The third-order valence-corrected chi connectivity index (χ3v) is 3.35. The van der Waals surface area contributed by atoms with E-state index in [0.717, 1.165) is 4.60 Å². The molecule has 1 aliphatic carbocycles. The minimum atomic E-state index is 0.690. The van der Waals surface area contributed by atoms with Crippen molar-refractivity contribution in [3.05, 3.63) is 34.3 Å². The van der Waals surface area contributed by atoms with Crippen LogP contribution in [-0.2, 0) is 0 Å². The first kappa shape index (κ1) is 8.48. The van der Waals surface area contributed by atoms with Gasteiger partial charge in [0.2, 0.25) is 0 Å². The van der Waals surface area contributed by atoms with Crippen LogP contribution in [0.1, 0.15) is 30.1 Å². The summed E-state index contributed by atoms with van der Waals surface area (Å²) < 4.78 is 3.20. The molecule has 1 aliphatic rings. The van der Waals surface area contributed by atoms with Crippen LogP contribution in [0, 0.1) is 6.92 Å². The van der Waals surface area contributed by atoms with Crippen LogP contribution in [0.3, 0.4) is 0 Å². The van der Waals surface area contributed by atoms with Crippen molar-refractivity contribution in [3.63, 3.8) is 0 Å². The Hall–Kier alpha value is -0.830. The summed E-state index contributed by atoms with van der Waals surface area (Å²) in [7, 11) is 0. The molecule has 14 heavy (non-hydrogen) atoms. The second-order valence-electron chi connectivity index (χ2n) is 3.94. The number of halogens is 1. The average molecular weight is 251 g/mol. The van der Waals surface area contributed by atoms with Crippen molar-refractivity contribution < 1.29 is 0 Å². The molecular formula is C11H11BrN2. The molecular weight excluding hydrogens is 240 g/mol. The Morgan fingerprint density at radius 3 is 3.00 bits per heavy atom. The highest BCUT2D eigenvalue weighted by molar-refractivity contribution is 9.10. The van der Waals surface area contributed by atoms with Crippen LogP contribution in [0.15, 0.2) is 22.9 Å². The van der Waals surface area contributed by atoms with Gasteiger partial charge in [-0.1, -0.05) is 6.07 Å². The van der Waals surface area contributed by atoms with Gasteiger partial charge in [-0.25, -0.2) is 4.98 Å². The van der Waals surface area contributed by atoms with E-state index in [2.05, 4.69) is 50.6 Å². The first-order valence-electron chi connectivity index (χ1n) is 4.90. The van der Waals surface area contributed by atoms with E-state index in [-0.39, 0.29) is 0 Å². The van der Waals surface area contributed by atoms with Crippen LogP contribution in [-0.4, -0.2) is 9.38 Å². The van der Waals surface area contributed by atoms with Gasteiger partial charge < -0.3 is 4.40 Å². The molecule has 2 nitrogen and oxygen atoms in total. The summed E-state index contributed by atoms with van der Waals surface area (Å²) in [5, 5.41) is 0. The van der Waals surface area contributed by atoms with Gasteiger partial charge in [0.1, 0.15) is 10.4 Å². The van der Waals surface area contributed by atoms with E-state index in [1.807, 2.05) is 0 Å². The van der Waals surface area contributed by atoms with Gasteiger partial charge in [0.25, 0.3) is 0 Å². The summed E-state index contributed by atoms with van der Waals surface area (Å²) in [4.78, 5) is 4.59. The molecule has 1 saturated carbocycles. The predicted molar refractivity (Wildman–Crippen MR) is 59.6 cm³/mol. The van der Waals surface area contributed by atoms with Crippen molar-refractivity contribution in [1.82, 2.24) is 9.38 Å². The van der Waals surface area contributed by atoms with E-state index in [0.29, 0.717) is 5.92 Å². The SMILES string of the molecule is Cc1cccn2c(C3CC3)nc(Br)c12. The van der Waals surface area contributed by atoms with Crippen LogP contribution in [0.2, 0.25) is 0 Å². The summed E-state index contributed by atoms with van der Waals surface area (Å²) in [6.07, 6.45) is 4.69. The van der Waals surface area contributed by atoms with E-state index >= 15 is 0 Å². The number of hydrogen-bond donors (Lipinski definition) is 0. The van der Waals surface area contributed by atoms with Gasteiger partial charge >= 0.3 is 0 Å². The molecule has 0 radical (unpaired) electrons. The smallest absolute Gasteiger partial charge is 0.132 e. The summed E-state index contributed by atoms with van der Waals surface area (Å²) in [6.45, 7) is 2.12. The van der Waals surface area contributed by atoms with Crippen LogP contribution < -0.4 is 0 Å². The highest BCUT2D eigenvalue weighted by atomic mass is 79.9. The fourth-order valence-electron chi connectivity index (χ4n) is 1.91. The number of fused-ring (bicyclic) bond motifs is 1. The van der Waals surface area contributed by atoms with E-state index in [9.17, 15) is 0 Å². The molecule has 0 unspecified atom stereocenters. The van der Waals surface area contributed by atoms with E-state index in [4.69, 9.17) is 0 Å². The van der Waals surface area contributed by atoms with Gasteiger partial charge in [-0.05, 0) is 47.3 Å². The predicted octanol–water partition coefficient (Wildman–Crippen LogP) is 3.28. The Morgan fingerprint density at radius 1 is 1.50 bits per heavy atom. The molecule has 1 fully saturated rings. The van der Waals surface area contributed by atoms with Crippen LogP contribution >= 0.6 is 15.9 Å². The van der Waals surface area contributed by atoms with Gasteiger partial charge in [0.15, 0.2) is 0 Å². The van der Waals surface area contributed by atoms with Gasteiger partial charge in [0, 0.05) is 12.1 Å². The number of pyridine rings is 1. The molecule has 0 saturated heterocycles. The molecule has 2 heterocycles. The molecule has 3 heteroatoms. The Labute approximate surface area is 91.1 Å². The van der Waals surface area contributed by atoms with Crippen molar-refractivity contribution in [1.29, 1.82) is 0 Å². The lowest BCUT2D eigenvalue weighted by molar-refractivity contribution is 0.917. The summed E-state index contributed by atoms with van der Waals surface area (Å²) >= 11 is 3.53. The zero-order chi connectivity index (χ0) is 9.71. The topological polar surface area (TPSA) is 17.3 Å². The molecule has 72 valence electrons. The van der Waals surface area contributed by atoms with Crippen molar-refractivity contribution in [2.75, 3.05) is 0 Å². The van der Waals surface area contributed by atoms with Crippen LogP contribution in [0.25, 0.3) is 5.52 Å². The van der Waals surface area contributed by atoms with Gasteiger partial charge in [-0.15, -0.1) is 0 Å². The third kappa shape index (κ3) is 1.12. The number of nitrogens with zero attached hydrogens (tertiary/aromatic N) is 2. The third-order valence-electron chi connectivity index (χ3n) is 2.79. The molecule has 0 spiro atoms. The molecule has 0 aliphatic heterocycles. The molecule has 0 atom stereocenters. The van der Waals surface area contributed by atoms with E-state index in [1.54, 1.807) is 0 Å². The number of rotatable bonds is 1. The van der Waals surface area contributed by atoms with Crippen molar-refractivity contribution in [3.8, 4) is 0 Å². The number of hydrogen-bond acceptors (Lipinski definition) is 1. The lowest BCUT2D eigenvalue weighted by Crippen LogP contribution is -1.92. The Bertz CT molecular complexity index is 497. The highest BCUT2D eigenvalue weighted by Crippen LogP contribution is 2.41. The monoisotopic (exact) mass is 250 g/mol. The van der Waals surface area contributed by atoms with Gasteiger partial charge in [-0.2, -0.15) is 0 Å². The summed E-state index contributed by atoms with van der Waals surface area (Å²) in [5.74, 6) is 1.91. The lowest BCUT2D eigenvalue weighted by atomic mass is 10.2. The molecule has 0 N–H and O–H groups in total. The Balaban J connectivity index is 2.37. The van der Waals surface area contributed by atoms with Crippen molar-refractivity contribution in [2.45, 2.75) is 25.7 Å². The van der Waals surface area contributed by atoms with Gasteiger partial charge in [-0.3, -0.25) is 0 Å². The molecule has 0 amide bonds. The zero-order valence-electron chi connectivity index (χ0n) is 8.00. The van der Waals surface area contributed by atoms with E-state index < -0.39 is 0 Å². The van der Waals surface area contributed by atoms with E-state index in [1.165, 1.54) is 29.7 Å². The maximum Gasteiger partial charge on any atom is 0.132 e. The zero-order valence-corrected chi connectivity index (χ0v) is 9.58. The molecule has 3 rings (SSSR count). The summed E-state index contributed by atoms with van der Waals surface area (Å²) in [5.41, 5.74) is 2.49. The normalized spacial score (nSPS) is 16.4. The number of imidazole rings is 1. The standard InChI is InChI=1S/C11H11BrN2/c1-7-3-2-6-14-9(7)10(12)13-11(14)8-4-5-8/h2-3,6,8H,4-5H2,1H3. The summed E-state index contributed by atoms with van der Waals surface area (Å²) in [6, 6.07) is 4.21. The highest BCUT2D eigenvalue weighted by Gasteiger charge is 2.28. The quantitative estimate of drug-likeness (QED) is 0.760. The Kier molecular flexibility index (Phi) is 1.71. The molecule has 2 aromatic rings. The second-order valence-corrected chi connectivity index (χ2v) is 4.70. The first-order valence-corrected chi connectivity index (χ1v) is 5.70. The fraction of sp³-hybridized carbons (Fsp3) is 0.364. The van der Waals surface area contributed by atoms with Crippen LogP contribution in [0.4, 0.5) is 0 Å².